The lowest BCUT2D eigenvalue weighted by Crippen LogP contribution is -2.14. The number of aromatic nitrogens is 2. The highest BCUT2D eigenvalue weighted by Gasteiger charge is 2.23. The number of aromatic amines is 1. The van der Waals surface area contributed by atoms with Crippen molar-refractivity contribution in [1.29, 1.82) is 0 Å². The van der Waals surface area contributed by atoms with Crippen molar-refractivity contribution in [2.45, 2.75) is 31.3 Å². The smallest absolute Gasteiger partial charge is 0.260 e. The van der Waals surface area contributed by atoms with Crippen molar-refractivity contribution in [3.8, 4) is 0 Å². The van der Waals surface area contributed by atoms with E-state index >= 15 is 0 Å². The second-order valence-electron chi connectivity index (χ2n) is 6.48. The summed E-state index contributed by atoms with van der Waals surface area (Å²) in [5.41, 5.74) is 1.79. The van der Waals surface area contributed by atoms with Gasteiger partial charge in [0.25, 0.3) is 5.56 Å². The second-order valence-corrected chi connectivity index (χ2v) is 8.53. The second kappa shape index (κ2) is 6.77. The molecule has 2 aromatic heterocycles. The van der Waals surface area contributed by atoms with E-state index in [0.29, 0.717) is 16.6 Å². The summed E-state index contributed by atoms with van der Waals surface area (Å²) in [6.07, 6.45) is 3.16. The molecule has 4 rings (SSSR count). The van der Waals surface area contributed by atoms with Gasteiger partial charge in [-0.1, -0.05) is 49.0 Å². The van der Waals surface area contributed by atoms with E-state index in [1.807, 2.05) is 18.2 Å². The Kier molecular flexibility index (Phi) is 4.48. The third-order valence-electron chi connectivity index (χ3n) is 4.58. The van der Waals surface area contributed by atoms with Gasteiger partial charge in [0, 0.05) is 10.4 Å². The van der Waals surface area contributed by atoms with Gasteiger partial charge in [0.2, 0.25) is 0 Å². The van der Waals surface area contributed by atoms with Crippen LogP contribution in [0.1, 0.15) is 34.1 Å². The zero-order chi connectivity index (χ0) is 17.4. The van der Waals surface area contributed by atoms with Crippen LogP contribution in [-0.2, 0) is 12.8 Å². The van der Waals surface area contributed by atoms with E-state index in [-0.39, 0.29) is 17.1 Å². The average Bonchev–Trinajstić information content (AvgIpc) is 2.98. The van der Waals surface area contributed by atoms with Gasteiger partial charge >= 0.3 is 0 Å². The molecule has 0 saturated carbocycles. The number of thiophene rings is 1. The minimum atomic E-state index is -0.0775. The Morgan fingerprint density at radius 2 is 2.16 bits per heavy atom. The first kappa shape index (κ1) is 16.5. The van der Waals surface area contributed by atoms with Crippen LogP contribution in [0, 0.1) is 5.92 Å². The highest BCUT2D eigenvalue weighted by atomic mass is 32.2. The number of hydrogen-bond acceptors (Lipinski definition) is 5. The molecule has 0 aliphatic heterocycles. The fourth-order valence-electron chi connectivity index (χ4n) is 3.25. The van der Waals surface area contributed by atoms with Crippen molar-refractivity contribution >= 4 is 39.1 Å². The number of aryl methyl sites for hydroxylation is 1. The van der Waals surface area contributed by atoms with E-state index < -0.39 is 0 Å². The molecule has 128 valence electrons. The van der Waals surface area contributed by atoms with Gasteiger partial charge in [-0.15, -0.1) is 11.3 Å². The maximum atomic E-state index is 12.6. The van der Waals surface area contributed by atoms with E-state index in [1.165, 1.54) is 28.6 Å². The first-order valence-corrected chi connectivity index (χ1v) is 10.2. The Hall–Kier alpha value is -1.92. The molecule has 0 amide bonds. The molecular formula is C19H18N2O2S2. The van der Waals surface area contributed by atoms with Crippen molar-refractivity contribution in [3.63, 3.8) is 0 Å². The standard InChI is InChI=1S/C19H18N2O2S2/c1-11-7-8-15-13(9-11)16-17(23)20-19(21-18(16)25-15)24-10-14(22)12-5-3-2-4-6-12/h2-6,11H,7-10H2,1H3,(H,20,21,23)/t11-/m0/s1. The Bertz CT molecular complexity index is 992. The number of fused-ring (bicyclic) bond motifs is 3. The molecule has 0 unspecified atom stereocenters. The van der Waals surface area contributed by atoms with Gasteiger partial charge in [-0.25, -0.2) is 4.98 Å². The predicted octanol–water partition coefficient (Wildman–Crippen LogP) is 4.08. The van der Waals surface area contributed by atoms with E-state index in [1.54, 1.807) is 23.5 Å². The third kappa shape index (κ3) is 3.28. The number of carbonyl (C=O) groups is 1. The largest absolute Gasteiger partial charge is 0.301 e. The molecule has 25 heavy (non-hydrogen) atoms. The molecule has 0 saturated heterocycles. The molecule has 1 atom stereocenters. The molecule has 1 N–H and O–H groups in total. The van der Waals surface area contributed by atoms with Gasteiger partial charge in [-0.3, -0.25) is 9.59 Å². The van der Waals surface area contributed by atoms with Crippen LogP contribution in [0.15, 0.2) is 40.3 Å². The maximum absolute atomic E-state index is 12.6. The Morgan fingerprint density at radius 1 is 1.36 bits per heavy atom. The number of thioether (sulfide) groups is 1. The highest BCUT2D eigenvalue weighted by molar-refractivity contribution is 7.99. The van der Waals surface area contributed by atoms with Gasteiger partial charge in [0.1, 0.15) is 4.83 Å². The topological polar surface area (TPSA) is 62.8 Å². The van der Waals surface area contributed by atoms with E-state index in [2.05, 4.69) is 16.9 Å². The number of nitrogens with zero attached hydrogens (tertiary/aromatic N) is 1. The van der Waals surface area contributed by atoms with Crippen LogP contribution in [0.4, 0.5) is 0 Å². The molecular weight excluding hydrogens is 352 g/mol. The molecule has 3 aromatic rings. The number of benzene rings is 1. The molecule has 4 nitrogen and oxygen atoms in total. The average molecular weight is 370 g/mol. The summed E-state index contributed by atoms with van der Waals surface area (Å²) in [5, 5.41) is 1.28. The summed E-state index contributed by atoms with van der Waals surface area (Å²) in [6, 6.07) is 9.19. The third-order valence-corrected chi connectivity index (χ3v) is 6.63. The number of carbonyl (C=O) groups excluding carboxylic acids is 1. The van der Waals surface area contributed by atoms with E-state index in [9.17, 15) is 9.59 Å². The van der Waals surface area contributed by atoms with Crippen molar-refractivity contribution < 1.29 is 4.79 Å². The molecule has 1 aliphatic carbocycles. The lowest BCUT2D eigenvalue weighted by Gasteiger charge is -2.17. The van der Waals surface area contributed by atoms with Gasteiger partial charge in [-0.05, 0) is 30.7 Å². The number of ketones is 1. The van der Waals surface area contributed by atoms with Gasteiger partial charge in [0.15, 0.2) is 10.9 Å². The van der Waals surface area contributed by atoms with Crippen LogP contribution in [0.2, 0.25) is 0 Å². The fraction of sp³-hybridized carbons (Fsp3) is 0.316. The Morgan fingerprint density at radius 3 is 2.96 bits per heavy atom. The molecule has 0 fully saturated rings. The summed E-state index contributed by atoms with van der Waals surface area (Å²) in [7, 11) is 0. The van der Waals surface area contributed by atoms with Crippen LogP contribution in [0.3, 0.4) is 0 Å². The van der Waals surface area contributed by atoms with Crippen LogP contribution in [0.25, 0.3) is 10.2 Å². The summed E-state index contributed by atoms with van der Waals surface area (Å²) in [5.74, 6) is 0.913. The van der Waals surface area contributed by atoms with Crippen LogP contribution >= 0.6 is 23.1 Å². The lowest BCUT2D eigenvalue weighted by atomic mass is 9.89. The minimum Gasteiger partial charge on any atom is -0.301 e. The SMILES string of the molecule is C[C@H]1CCc2sc3nc(SCC(=O)c4ccccc4)[nH]c(=O)c3c2C1. The normalized spacial score (nSPS) is 16.8. The van der Waals surface area contributed by atoms with Crippen molar-refractivity contribution in [1.82, 2.24) is 9.97 Å². The summed E-state index contributed by atoms with van der Waals surface area (Å²) >= 11 is 2.92. The lowest BCUT2D eigenvalue weighted by molar-refractivity contribution is 0.102. The van der Waals surface area contributed by atoms with Crippen LogP contribution in [-0.4, -0.2) is 21.5 Å². The highest BCUT2D eigenvalue weighted by Crippen LogP contribution is 2.36. The summed E-state index contributed by atoms with van der Waals surface area (Å²) < 4.78 is 0. The molecule has 0 bridgehead atoms. The van der Waals surface area contributed by atoms with Gasteiger partial charge in [0.05, 0.1) is 11.1 Å². The zero-order valence-electron chi connectivity index (χ0n) is 13.9. The quantitative estimate of drug-likeness (QED) is 0.427. The predicted molar refractivity (Wildman–Crippen MR) is 103 cm³/mol. The monoisotopic (exact) mass is 370 g/mol. The summed E-state index contributed by atoms with van der Waals surface area (Å²) in [4.78, 5) is 34.4. The van der Waals surface area contributed by atoms with Crippen LogP contribution in [0.5, 0.6) is 0 Å². The van der Waals surface area contributed by atoms with Crippen molar-refractivity contribution in [3.05, 3.63) is 56.7 Å². The van der Waals surface area contributed by atoms with Gasteiger partial charge in [-0.2, -0.15) is 0 Å². The molecule has 6 heteroatoms. The number of hydrogen-bond donors (Lipinski definition) is 1. The Labute approximate surface area is 153 Å². The first-order valence-electron chi connectivity index (χ1n) is 8.37. The van der Waals surface area contributed by atoms with Gasteiger partial charge < -0.3 is 4.98 Å². The molecule has 1 aliphatic rings. The molecule has 0 radical (unpaired) electrons. The zero-order valence-corrected chi connectivity index (χ0v) is 15.5. The first-order chi connectivity index (χ1) is 12.1. The number of nitrogens with one attached hydrogen (secondary N) is 1. The maximum Gasteiger partial charge on any atom is 0.260 e. The minimum absolute atomic E-state index is 0.0349. The Balaban J connectivity index is 1.59. The fourth-order valence-corrected chi connectivity index (χ4v) is 5.28. The molecule has 0 spiro atoms. The molecule has 1 aromatic carbocycles. The number of H-pyrrole nitrogens is 1. The summed E-state index contributed by atoms with van der Waals surface area (Å²) in [6.45, 7) is 2.23. The van der Waals surface area contributed by atoms with E-state index in [0.717, 1.165) is 23.1 Å². The van der Waals surface area contributed by atoms with Crippen LogP contribution < -0.4 is 5.56 Å². The van der Waals surface area contributed by atoms with E-state index in [4.69, 9.17) is 0 Å². The molecule has 2 heterocycles. The van der Waals surface area contributed by atoms with Crippen molar-refractivity contribution in [2.75, 3.05) is 5.75 Å². The number of Topliss-reactive ketones (excluding diaryl/α,β-unsaturated/α-hetero) is 1. The number of rotatable bonds is 4. The van der Waals surface area contributed by atoms with Crippen molar-refractivity contribution in [2.24, 2.45) is 5.92 Å².